The van der Waals surface area contributed by atoms with E-state index in [-0.39, 0.29) is 19.3 Å². The van der Waals surface area contributed by atoms with E-state index >= 15 is 0 Å². The van der Waals surface area contributed by atoms with Crippen LogP contribution in [-0.4, -0.2) is 52.7 Å². The van der Waals surface area contributed by atoms with Gasteiger partial charge in [-0.15, -0.1) is 0 Å². The molecule has 174 valence electrons. The molecular formula is C21H38N2O7. The smallest absolute Gasteiger partial charge is 0.329 e. The minimum Gasteiger partial charge on any atom is -0.460 e. The fourth-order valence-corrected chi connectivity index (χ4v) is 2.19. The zero-order valence-corrected chi connectivity index (χ0v) is 19.7. The number of amides is 1. The van der Waals surface area contributed by atoms with Crippen LogP contribution < -0.4 is 11.1 Å². The third-order valence-corrected chi connectivity index (χ3v) is 3.20. The monoisotopic (exact) mass is 430 g/mol. The average molecular weight is 431 g/mol. The van der Waals surface area contributed by atoms with Gasteiger partial charge in [0.15, 0.2) is 0 Å². The van der Waals surface area contributed by atoms with Crippen LogP contribution in [0.25, 0.3) is 0 Å². The lowest BCUT2D eigenvalue weighted by atomic mass is 10.1. The Hall–Kier alpha value is -2.16. The number of hydrogen-bond acceptors (Lipinski definition) is 8. The normalized spacial score (nSPS) is 14.3. The van der Waals surface area contributed by atoms with E-state index in [1.807, 2.05) is 0 Å². The number of carbonyl (C=O) groups is 4. The van der Waals surface area contributed by atoms with Crippen molar-refractivity contribution < 1.29 is 33.4 Å². The van der Waals surface area contributed by atoms with Crippen LogP contribution in [0.1, 0.15) is 81.6 Å². The van der Waals surface area contributed by atoms with Gasteiger partial charge in [-0.05, 0) is 68.7 Å². The second kappa shape index (κ2) is 10.7. The summed E-state index contributed by atoms with van der Waals surface area (Å²) in [5.41, 5.74) is 3.56. The Morgan fingerprint density at radius 2 is 1.20 bits per heavy atom. The van der Waals surface area contributed by atoms with Crippen LogP contribution in [0, 0.1) is 0 Å². The minimum atomic E-state index is -1.19. The zero-order valence-electron chi connectivity index (χ0n) is 19.7. The summed E-state index contributed by atoms with van der Waals surface area (Å²) < 4.78 is 15.7. The van der Waals surface area contributed by atoms with E-state index in [1.54, 1.807) is 62.3 Å². The number of carbonyl (C=O) groups excluding carboxylic acids is 4. The van der Waals surface area contributed by atoms with Crippen molar-refractivity contribution in [2.24, 2.45) is 5.73 Å². The molecule has 0 rings (SSSR count). The summed E-state index contributed by atoms with van der Waals surface area (Å²) in [6.45, 7) is 15.3. The first kappa shape index (κ1) is 27.8. The lowest BCUT2D eigenvalue weighted by Crippen LogP contribution is -2.47. The molecule has 0 heterocycles. The van der Waals surface area contributed by atoms with E-state index in [0.29, 0.717) is 0 Å². The first-order chi connectivity index (χ1) is 13.3. The lowest BCUT2D eigenvalue weighted by Gasteiger charge is -2.26. The van der Waals surface area contributed by atoms with Crippen molar-refractivity contribution in [2.45, 2.75) is 110 Å². The summed E-state index contributed by atoms with van der Waals surface area (Å²) in [4.78, 5) is 48.8. The lowest BCUT2D eigenvalue weighted by molar-refractivity contribution is -0.160. The maximum absolute atomic E-state index is 12.5. The molecule has 30 heavy (non-hydrogen) atoms. The largest absolute Gasteiger partial charge is 0.460 e. The van der Waals surface area contributed by atoms with E-state index in [0.717, 1.165) is 0 Å². The van der Waals surface area contributed by atoms with Crippen LogP contribution in [0.4, 0.5) is 0 Å². The van der Waals surface area contributed by atoms with Gasteiger partial charge >= 0.3 is 17.9 Å². The molecule has 0 aliphatic carbocycles. The molecule has 0 aliphatic rings. The Kier molecular flexibility index (Phi) is 9.97. The van der Waals surface area contributed by atoms with Crippen molar-refractivity contribution in [2.75, 3.05) is 0 Å². The maximum Gasteiger partial charge on any atom is 0.329 e. The van der Waals surface area contributed by atoms with Crippen LogP contribution >= 0.6 is 0 Å². The summed E-state index contributed by atoms with van der Waals surface area (Å²) in [6.07, 6.45) is -0.489. The van der Waals surface area contributed by atoms with Gasteiger partial charge in [0.2, 0.25) is 5.91 Å². The Morgan fingerprint density at radius 3 is 1.63 bits per heavy atom. The number of nitrogens with one attached hydrogen (secondary N) is 1. The highest BCUT2D eigenvalue weighted by Gasteiger charge is 2.30. The summed E-state index contributed by atoms with van der Waals surface area (Å²) in [5.74, 6) is -2.55. The minimum absolute atomic E-state index is 0.0166. The number of esters is 3. The third kappa shape index (κ3) is 13.9. The Morgan fingerprint density at radius 1 is 0.767 bits per heavy atom. The van der Waals surface area contributed by atoms with E-state index in [4.69, 9.17) is 19.9 Å². The van der Waals surface area contributed by atoms with Crippen molar-refractivity contribution >= 4 is 23.8 Å². The zero-order chi connectivity index (χ0) is 23.9. The predicted octanol–water partition coefficient (Wildman–Crippen LogP) is 1.99. The average Bonchev–Trinajstić information content (AvgIpc) is 2.45. The summed E-state index contributed by atoms with van der Waals surface area (Å²) >= 11 is 0. The number of nitrogens with two attached hydrogens (primary N) is 1. The van der Waals surface area contributed by atoms with Crippen molar-refractivity contribution in [3.63, 3.8) is 0 Å². The van der Waals surface area contributed by atoms with Crippen molar-refractivity contribution in [3.05, 3.63) is 0 Å². The Balaban J connectivity index is 5.06. The molecule has 0 aromatic carbocycles. The standard InChI is InChI=1S/C21H38N2O7/c1-19(2,3)28-16(25)11-10-14(18(27)30-21(7,8)9)23-15(24)12-13(22)17(26)29-20(4,5)6/h13-14H,10-12,22H2,1-9H3,(H,23,24). The van der Waals surface area contributed by atoms with Gasteiger partial charge < -0.3 is 25.3 Å². The summed E-state index contributed by atoms with van der Waals surface area (Å²) in [6, 6.07) is -2.27. The van der Waals surface area contributed by atoms with Crippen LogP contribution in [0.2, 0.25) is 0 Å². The SMILES string of the molecule is CC(C)(C)OC(=O)CCC(NC(=O)CC(N)C(=O)OC(C)(C)C)C(=O)OC(C)(C)C. The number of hydrogen-bond donors (Lipinski definition) is 2. The molecule has 0 aliphatic heterocycles. The molecule has 0 aromatic heterocycles. The summed E-state index contributed by atoms with van der Waals surface area (Å²) in [5, 5.41) is 2.50. The second-order valence-corrected chi connectivity index (χ2v) is 10.1. The molecule has 0 bridgehead atoms. The molecule has 0 spiro atoms. The highest BCUT2D eigenvalue weighted by Crippen LogP contribution is 2.14. The van der Waals surface area contributed by atoms with Crippen molar-refractivity contribution in [1.82, 2.24) is 5.32 Å². The van der Waals surface area contributed by atoms with Crippen molar-refractivity contribution in [3.8, 4) is 0 Å². The molecule has 3 N–H and O–H groups in total. The molecule has 1 amide bonds. The van der Waals surface area contributed by atoms with Crippen LogP contribution in [0.3, 0.4) is 0 Å². The highest BCUT2D eigenvalue weighted by molar-refractivity contribution is 5.88. The third-order valence-electron chi connectivity index (χ3n) is 3.20. The molecular weight excluding hydrogens is 392 g/mol. The Bertz CT molecular complexity index is 625. The quantitative estimate of drug-likeness (QED) is 0.441. The summed E-state index contributed by atoms with van der Waals surface area (Å²) in [7, 11) is 0. The molecule has 0 aromatic rings. The van der Waals surface area contributed by atoms with Gasteiger partial charge in [0.25, 0.3) is 0 Å². The van der Waals surface area contributed by atoms with Gasteiger partial charge in [0, 0.05) is 6.42 Å². The molecule has 0 fully saturated rings. The molecule has 9 nitrogen and oxygen atoms in total. The van der Waals surface area contributed by atoms with Gasteiger partial charge in [-0.25, -0.2) is 4.79 Å². The molecule has 2 unspecified atom stereocenters. The van der Waals surface area contributed by atoms with Gasteiger partial charge in [-0.2, -0.15) is 0 Å². The Labute approximate surface area is 179 Å². The molecule has 0 saturated heterocycles. The van der Waals surface area contributed by atoms with Gasteiger partial charge in [0.05, 0.1) is 6.42 Å². The maximum atomic E-state index is 12.5. The second-order valence-electron chi connectivity index (χ2n) is 10.1. The molecule has 0 radical (unpaired) electrons. The molecule has 0 saturated carbocycles. The predicted molar refractivity (Wildman–Crippen MR) is 111 cm³/mol. The van der Waals surface area contributed by atoms with E-state index in [9.17, 15) is 19.2 Å². The van der Waals surface area contributed by atoms with Crippen LogP contribution in [0.15, 0.2) is 0 Å². The van der Waals surface area contributed by atoms with Gasteiger partial charge in [0.1, 0.15) is 28.9 Å². The molecule has 2 atom stereocenters. The van der Waals surface area contributed by atoms with E-state index < -0.39 is 52.7 Å². The van der Waals surface area contributed by atoms with E-state index in [2.05, 4.69) is 5.32 Å². The van der Waals surface area contributed by atoms with Crippen LogP contribution in [-0.2, 0) is 33.4 Å². The topological polar surface area (TPSA) is 134 Å². The van der Waals surface area contributed by atoms with E-state index in [1.165, 1.54) is 0 Å². The number of rotatable bonds is 8. The van der Waals surface area contributed by atoms with Crippen molar-refractivity contribution in [1.29, 1.82) is 0 Å². The first-order valence-corrected chi connectivity index (χ1v) is 10.0. The fourth-order valence-electron chi connectivity index (χ4n) is 2.19. The van der Waals surface area contributed by atoms with Crippen LogP contribution in [0.5, 0.6) is 0 Å². The van der Waals surface area contributed by atoms with Gasteiger partial charge in [-0.1, -0.05) is 0 Å². The van der Waals surface area contributed by atoms with Gasteiger partial charge in [-0.3, -0.25) is 14.4 Å². The highest BCUT2D eigenvalue weighted by atomic mass is 16.6. The first-order valence-electron chi connectivity index (χ1n) is 10.0. The fraction of sp³-hybridized carbons (Fsp3) is 0.810. The number of ether oxygens (including phenoxy) is 3. The molecule has 9 heteroatoms.